The molecule has 1 heterocycles. The molecule has 3 aliphatic carbocycles. The van der Waals surface area contributed by atoms with Crippen LogP contribution in [0, 0.1) is 23.7 Å². The van der Waals surface area contributed by atoms with Gasteiger partial charge < -0.3 is 4.74 Å². The summed E-state index contributed by atoms with van der Waals surface area (Å²) in [4.78, 5) is 41.6. The Labute approximate surface area is 128 Å². The highest BCUT2D eigenvalue weighted by Crippen LogP contribution is 2.52. The quantitative estimate of drug-likeness (QED) is 0.443. The molecule has 3 fully saturated rings. The van der Waals surface area contributed by atoms with Crippen molar-refractivity contribution in [1.29, 1.82) is 0 Å². The molecule has 4 aliphatic rings. The molecule has 0 spiro atoms. The highest BCUT2D eigenvalue weighted by atomic mass is 16.7. The van der Waals surface area contributed by atoms with Crippen molar-refractivity contribution in [3.8, 4) is 0 Å². The molecule has 0 radical (unpaired) electrons. The average Bonchev–Trinajstić information content (AvgIpc) is 3.24. The van der Waals surface area contributed by atoms with Crippen molar-refractivity contribution >= 4 is 17.8 Å². The first-order chi connectivity index (χ1) is 10.6. The van der Waals surface area contributed by atoms with Gasteiger partial charge in [-0.25, -0.2) is 4.79 Å². The van der Waals surface area contributed by atoms with Gasteiger partial charge in [0.25, 0.3) is 11.8 Å². The number of esters is 1. The molecule has 0 aromatic rings. The van der Waals surface area contributed by atoms with E-state index < -0.39 is 5.97 Å². The lowest BCUT2D eigenvalue weighted by Crippen LogP contribution is -2.35. The van der Waals surface area contributed by atoms with E-state index in [9.17, 15) is 14.4 Å². The van der Waals surface area contributed by atoms with Crippen LogP contribution in [0.1, 0.15) is 32.1 Å². The molecule has 2 saturated carbocycles. The fourth-order valence-corrected chi connectivity index (χ4v) is 4.35. The predicted molar refractivity (Wildman–Crippen MR) is 73.9 cm³/mol. The van der Waals surface area contributed by atoms with Crippen molar-refractivity contribution < 1.29 is 24.0 Å². The Morgan fingerprint density at radius 2 is 1.68 bits per heavy atom. The van der Waals surface area contributed by atoms with Crippen LogP contribution >= 0.6 is 0 Å². The van der Waals surface area contributed by atoms with Gasteiger partial charge in [0.2, 0.25) is 0 Å². The fourth-order valence-electron chi connectivity index (χ4n) is 4.35. The SMILES string of the molecule is O=C(CON1C(=O)[C@@H]2[C@@H](C1=O)[C@H]1C=C[C@H]2C1)OC1CCCC1. The molecule has 0 aromatic carbocycles. The van der Waals surface area contributed by atoms with Crippen molar-refractivity contribution in [3.05, 3.63) is 12.2 Å². The Balaban J connectivity index is 1.35. The maximum absolute atomic E-state index is 12.3. The number of hydroxylamine groups is 2. The Morgan fingerprint density at radius 1 is 1.09 bits per heavy atom. The van der Waals surface area contributed by atoms with Crippen LogP contribution in [0.5, 0.6) is 0 Å². The molecule has 4 atom stereocenters. The zero-order chi connectivity index (χ0) is 15.3. The molecule has 6 heteroatoms. The maximum atomic E-state index is 12.3. The topological polar surface area (TPSA) is 72.9 Å². The molecule has 6 nitrogen and oxygen atoms in total. The van der Waals surface area contributed by atoms with Crippen LogP contribution in [0.25, 0.3) is 0 Å². The number of carbonyl (C=O) groups is 3. The summed E-state index contributed by atoms with van der Waals surface area (Å²) >= 11 is 0. The first-order valence-corrected chi connectivity index (χ1v) is 8.03. The van der Waals surface area contributed by atoms with Gasteiger partial charge in [-0.2, -0.15) is 5.06 Å². The van der Waals surface area contributed by atoms with E-state index in [1.54, 1.807) is 0 Å². The van der Waals surface area contributed by atoms with E-state index in [2.05, 4.69) is 0 Å². The Kier molecular flexibility index (Phi) is 3.29. The smallest absolute Gasteiger partial charge is 0.335 e. The van der Waals surface area contributed by atoms with Gasteiger partial charge in [-0.3, -0.25) is 14.4 Å². The van der Waals surface area contributed by atoms with Crippen molar-refractivity contribution in [2.75, 3.05) is 6.61 Å². The van der Waals surface area contributed by atoms with E-state index in [-0.39, 0.29) is 48.2 Å². The summed E-state index contributed by atoms with van der Waals surface area (Å²) in [6.45, 7) is -0.379. The number of nitrogens with zero attached hydrogens (tertiary/aromatic N) is 1. The highest BCUT2D eigenvalue weighted by Gasteiger charge is 2.60. The molecule has 0 N–H and O–H groups in total. The number of hydrogen-bond acceptors (Lipinski definition) is 5. The number of carbonyl (C=O) groups excluding carboxylic acids is 3. The number of amides is 2. The first kappa shape index (κ1) is 13.9. The van der Waals surface area contributed by atoms with Gasteiger partial charge >= 0.3 is 5.97 Å². The van der Waals surface area contributed by atoms with Crippen molar-refractivity contribution in [2.45, 2.75) is 38.2 Å². The molecule has 22 heavy (non-hydrogen) atoms. The highest BCUT2D eigenvalue weighted by molar-refractivity contribution is 6.05. The minimum Gasteiger partial charge on any atom is -0.461 e. The second-order valence-corrected chi connectivity index (χ2v) is 6.64. The normalized spacial score (nSPS) is 36.5. The largest absolute Gasteiger partial charge is 0.461 e. The van der Waals surface area contributed by atoms with Gasteiger partial charge in [0.1, 0.15) is 6.10 Å². The van der Waals surface area contributed by atoms with Crippen molar-refractivity contribution in [1.82, 2.24) is 5.06 Å². The van der Waals surface area contributed by atoms with Gasteiger partial charge in [0.05, 0.1) is 11.8 Å². The summed E-state index contributed by atoms with van der Waals surface area (Å²) in [6, 6.07) is 0. The van der Waals surface area contributed by atoms with Gasteiger partial charge in [0.15, 0.2) is 6.61 Å². The van der Waals surface area contributed by atoms with Crippen LogP contribution < -0.4 is 0 Å². The van der Waals surface area contributed by atoms with Gasteiger partial charge in [0, 0.05) is 0 Å². The number of allylic oxidation sites excluding steroid dienone is 2. The van der Waals surface area contributed by atoms with Gasteiger partial charge in [-0.05, 0) is 43.9 Å². The average molecular weight is 305 g/mol. The van der Waals surface area contributed by atoms with E-state index in [0.29, 0.717) is 0 Å². The molecule has 1 aliphatic heterocycles. The molecular weight excluding hydrogens is 286 g/mol. The molecule has 0 aromatic heterocycles. The van der Waals surface area contributed by atoms with Crippen LogP contribution in [0.3, 0.4) is 0 Å². The lowest BCUT2D eigenvalue weighted by Gasteiger charge is -2.17. The standard InChI is InChI=1S/C16H19NO5/c18-12(22-11-3-1-2-4-11)8-21-17-15(19)13-9-5-6-10(7-9)14(13)16(17)20/h5-6,9-11,13-14H,1-4,7-8H2/t9-,10-,13-,14-/m0/s1. The van der Waals surface area contributed by atoms with E-state index >= 15 is 0 Å². The lowest BCUT2D eigenvalue weighted by molar-refractivity contribution is -0.197. The van der Waals surface area contributed by atoms with Gasteiger partial charge in [-0.1, -0.05) is 12.2 Å². The fraction of sp³-hybridized carbons (Fsp3) is 0.688. The van der Waals surface area contributed by atoms with E-state index in [1.807, 2.05) is 12.2 Å². The molecule has 0 unspecified atom stereocenters. The Morgan fingerprint density at radius 3 is 2.27 bits per heavy atom. The monoisotopic (exact) mass is 305 g/mol. The Hall–Kier alpha value is -1.69. The molecule has 118 valence electrons. The van der Waals surface area contributed by atoms with E-state index in [1.165, 1.54) is 0 Å². The Bertz CT molecular complexity index is 521. The second-order valence-electron chi connectivity index (χ2n) is 6.64. The first-order valence-electron chi connectivity index (χ1n) is 8.03. The second kappa shape index (κ2) is 5.19. The molecule has 1 saturated heterocycles. The van der Waals surface area contributed by atoms with E-state index in [0.717, 1.165) is 37.2 Å². The summed E-state index contributed by atoms with van der Waals surface area (Å²) in [5.41, 5.74) is 0. The number of fused-ring (bicyclic) bond motifs is 5. The third-order valence-electron chi connectivity index (χ3n) is 5.34. The van der Waals surface area contributed by atoms with Crippen molar-refractivity contribution in [3.63, 3.8) is 0 Å². The summed E-state index contributed by atoms with van der Waals surface area (Å²) in [6.07, 6.45) is 8.79. The summed E-state index contributed by atoms with van der Waals surface area (Å²) in [7, 11) is 0. The summed E-state index contributed by atoms with van der Waals surface area (Å²) in [5, 5.41) is 0.803. The molecule has 2 bridgehead atoms. The van der Waals surface area contributed by atoms with Crippen LogP contribution in [-0.2, 0) is 24.0 Å². The van der Waals surface area contributed by atoms with Crippen LogP contribution in [0.15, 0.2) is 12.2 Å². The van der Waals surface area contributed by atoms with Crippen LogP contribution in [0.4, 0.5) is 0 Å². The molecule has 2 amide bonds. The van der Waals surface area contributed by atoms with E-state index in [4.69, 9.17) is 9.57 Å². The predicted octanol–water partition coefficient (Wildman–Crippen LogP) is 1.21. The minimum absolute atomic E-state index is 0.0412. The third-order valence-corrected chi connectivity index (χ3v) is 5.34. The van der Waals surface area contributed by atoms with Crippen molar-refractivity contribution in [2.24, 2.45) is 23.7 Å². The maximum Gasteiger partial charge on any atom is 0.335 e. The van der Waals surface area contributed by atoms with Gasteiger partial charge in [-0.15, -0.1) is 0 Å². The molecular formula is C16H19NO5. The number of imide groups is 1. The zero-order valence-electron chi connectivity index (χ0n) is 12.3. The number of ether oxygens (including phenoxy) is 1. The minimum atomic E-state index is -0.509. The number of rotatable bonds is 4. The summed E-state index contributed by atoms with van der Waals surface area (Å²) < 4.78 is 5.26. The number of hydrogen-bond donors (Lipinski definition) is 0. The van der Waals surface area contributed by atoms with Crippen LogP contribution in [0.2, 0.25) is 0 Å². The summed E-state index contributed by atoms with van der Waals surface area (Å²) in [5.74, 6) is -1.43. The zero-order valence-corrected chi connectivity index (χ0v) is 12.3. The molecule has 4 rings (SSSR count). The lowest BCUT2D eigenvalue weighted by atomic mass is 9.85. The third kappa shape index (κ3) is 2.08. The van der Waals surface area contributed by atoms with Crippen LogP contribution in [-0.4, -0.2) is 35.6 Å².